The highest BCUT2D eigenvalue weighted by Crippen LogP contribution is 2.45. The summed E-state index contributed by atoms with van der Waals surface area (Å²) in [6.07, 6.45) is 9.98. The summed E-state index contributed by atoms with van der Waals surface area (Å²) in [5.74, 6) is 0.256. The van der Waals surface area contributed by atoms with Gasteiger partial charge in [0, 0.05) is 106 Å². The maximum Gasteiger partial charge on any atom is 0.328 e. The van der Waals surface area contributed by atoms with E-state index in [9.17, 15) is 19.5 Å². The van der Waals surface area contributed by atoms with Crippen molar-refractivity contribution in [2.45, 2.75) is 81.7 Å². The molecule has 2 unspecified atom stereocenters. The number of halogens is 1. The summed E-state index contributed by atoms with van der Waals surface area (Å²) >= 11 is 0. The highest BCUT2D eigenvalue weighted by Gasteiger charge is 2.39. The van der Waals surface area contributed by atoms with Gasteiger partial charge in [-0.15, -0.1) is 0 Å². The number of nitrogens with zero attached hydrogens (tertiary/aromatic N) is 6. The average Bonchev–Trinajstić information content (AvgIpc) is 4.05. The zero-order valence-electron chi connectivity index (χ0n) is 35.7. The topological polar surface area (TPSA) is 202 Å². The molecule has 0 spiro atoms. The van der Waals surface area contributed by atoms with Gasteiger partial charge < -0.3 is 46.3 Å². The van der Waals surface area contributed by atoms with E-state index in [2.05, 4.69) is 21.0 Å². The van der Waals surface area contributed by atoms with Crippen molar-refractivity contribution in [3.63, 3.8) is 0 Å². The first-order valence-corrected chi connectivity index (χ1v) is 22.2. The van der Waals surface area contributed by atoms with Crippen LogP contribution in [-0.4, -0.2) is 111 Å². The molecule has 5 fully saturated rings. The van der Waals surface area contributed by atoms with E-state index in [-0.39, 0.29) is 60.9 Å². The van der Waals surface area contributed by atoms with Crippen molar-refractivity contribution in [1.29, 1.82) is 0 Å². The van der Waals surface area contributed by atoms with E-state index < -0.39 is 11.7 Å². The monoisotopic (exact) mass is 860 g/mol. The van der Waals surface area contributed by atoms with E-state index in [0.29, 0.717) is 73.4 Å². The lowest BCUT2D eigenvalue weighted by molar-refractivity contribution is -0.120. The fourth-order valence-corrected chi connectivity index (χ4v) is 9.78. The number of alkyl halides is 1. The van der Waals surface area contributed by atoms with Gasteiger partial charge in [-0.2, -0.15) is 0 Å². The number of pyridine rings is 1. The summed E-state index contributed by atoms with van der Waals surface area (Å²) in [6.45, 7) is 5.84. The van der Waals surface area contributed by atoms with Gasteiger partial charge in [0.2, 0.25) is 5.91 Å². The number of aromatic hydroxyl groups is 1. The molecule has 2 aromatic heterocycles. The van der Waals surface area contributed by atoms with Gasteiger partial charge >= 0.3 is 6.03 Å². The lowest BCUT2D eigenvalue weighted by atomic mass is 9.91. The van der Waals surface area contributed by atoms with Crippen LogP contribution >= 0.6 is 0 Å². The standard InChI is InChI=1S/C47H57FN10O5/c1-29-25-56(39(43(50)51)23-38(49)35-4-2-3-5-40(35)59)27-41(63-29)31-8-10-32(11-9-31)45(61)55-20-15-47(48,16-21-55)28-54-17-12-33(13-18-54)58-26-37(30-6-7-30)36-22-34(24-52-44(36)58)57-19-14-42(60)53-46(57)62/h2-5,8-11,22-24,26,29-30,33,41,59H,6-7,12-21,25,27-28,49-51H2,1H3,(H,53,60,62)/b38-23-. The number of piperidine rings is 2. The minimum Gasteiger partial charge on any atom is -0.507 e. The molecule has 4 aromatic rings. The number of phenols is 1. The fraction of sp³-hybridized carbons (Fsp3) is 0.447. The lowest BCUT2D eigenvalue weighted by Gasteiger charge is -2.41. The van der Waals surface area contributed by atoms with E-state index in [4.69, 9.17) is 26.9 Å². The zero-order valence-corrected chi connectivity index (χ0v) is 35.7. The van der Waals surface area contributed by atoms with Crippen LogP contribution in [0.5, 0.6) is 5.75 Å². The van der Waals surface area contributed by atoms with Crippen LogP contribution in [0.3, 0.4) is 0 Å². The quantitative estimate of drug-likeness (QED) is 0.131. The Morgan fingerprint density at radius 3 is 2.38 bits per heavy atom. The molecule has 6 heterocycles. The third kappa shape index (κ3) is 8.91. The van der Waals surface area contributed by atoms with Crippen molar-refractivity contribution in [2.75, 3.05) is 57.3 Å². The molecule has 0 radical (unpaired) electrons. The molecule has 8 N–H and O–H groups in total. The number of allylic oxidation sites excluding steroid dienone is 1. The van der Waals surface area contributed by atoms with Gasteiger partial charge in [0.25, 0.3) is 5.91 Å². The number of carbonyl (C=O) groups excluding carboxylic acids is 3. The molecule has 4 saturated heterocycles. The molecule has 1 saturated carbocycles. The molecule has 15 nitrogen and oxygen atoms in total. The number of aromatic nitrogens is 2. The predicted octanol–water partition coefficient (Wildman–Crippen LogP) is 5.20. The molecule has 2 atom stereocenters. The number of amides is 4. The Morgan fingerprint density at radius 2 is 1.70 bits per heavy atom. The molecule has 332 valence electrons. The molecule has 2 aromatic carbocycles. The number of imide groups is 1. The molecule has 16 heteroatoms. The number of benzene rings is 2. The molecule has 4 amide bonds. The summed E-state index contributed by atoms with van der Waals surface area (Å²) in [4.78, 5) is 50.4. The molecular formula is C47H57FN10O5. The van der Waals surface area contributed by atoms with Gasteiger partial charge in [0.05, 0.1) is 23.7 Å². The third-order valence-corrected chi connectivity index (χ3v) is 13.4. The van der Waals surface area contributed by atoms with Crippen molar-refractivity contribution in [3.05, 3.63) is 107 Å². The second-order valence-electron chi connectivity index (χ2n) is 18.0. The predicted molar refractivity (Wildman–Crippen MR) is 238 cm³/mol. The van der Waals surface area contributed by atoms with E-state index >= 15 is 4.39 Å². The Morgan fingerprint density at radius 1 is 0.968 bits per heavy atom. The minimum absolute atomic E-state index is 0.0544. The number of carbonyl (C=O) groups is 3. The number of urea groups is 1. The zero-order chi connectivity index (χ0) is 44.0. The Kier molecular flexibility index (Phi) is 11.5. The number of para-hydroxylation sites is 1. The average molecular weight is 861 g/mol. The fourth-order valence-electron chi connectivity index (χ4n) is 9.78. The summed E-state index contributed by atoms with van der Waals surface area (Å²) in [5.41, 5.74) is 22.9. The van der Waals surface area contributed by atoms with Gasteiger partial charge in [-0.25, -0.2) is 14.2 Å². The SMILES string of the molecule is CC1CN(C(/C=C(\N)c2ccccc2O)=C(N)N)CC(c2ccc(C(=O)N3CCC(F)(CN4CCC(n5cc(C6CC6)c6cc(N7CCC(=O)NC7=O)cnc65)CC4)CC3)cc2)O1. The summed E-state index contributed by atoms with van der Waals surface area (Å²) in [5, 5.41) is 13.8. The van der Waals surface area contributed by atoms with Gasteiger partial charge in [-0.05, 0) is 86.1 Å². The lowest BCUT2D eigenvalue weighted by Crippen LogP contribution is -2.51. The number of phenolic OH excluding ortho intramolecular Hbond substituents is 1. The maximum absolute atomic E-state index is 16.5. The van der Waals surface area contributed by atoms with Crippen molar-refractivity contribution in [1.82, 2.24) is 29.6 Å². The summed E-state index contributed by atoms with van der Waals surface area (Å²) in [7, 11) is 0. The third-order valence-electron chi connectivity index (χ3n) is 13.4. The first kappa shape index (κ1) is 42.2. The van der Waals surface area contributed by atoms with Crippen LogP contribution in [0, 0.1) is 0 Å². The number of morpholine rings is 1. The first-order valence-electron chi connectivity index (χ1n) is 22.2. The molecule has 5 aliphatic rings. The number of fused-ring (bicyclic) bond motifs is 1. The summed E-state index contributed by atoms with van der Waals surface area (Å²) < 4.78 is 25.1. The Hall–Kier alpha value is -6.13. The Balaban J connectivity index is 0.782. The normalized spacial score (nSPS) is 22.6. The molecular weight excluding hydrogens is 804 g/mol. The number of hydrogen-bond donors (Lipinski definition) is 5. The Labute approximate surface area is 366 Å². The number of likely N-dealkylation sites (tertiary alicyclic amines) is 2. The van der Waals surface area contributed by atoms with Crippen LogP contribution in [0.15, 0.2) is 84.6 Å². The van der Waals surface area contributed by atoms with Crippen molar-refractivity contribution in [2.24, 2.45) is 17.2 Å². The van der Waals surface area contributed by atoms with Gasteiger partial charge in [0.15, 0.2) is 0 Å². The van der Waals surface area contributed by atoms with Gasteiger partial charge in [-0.1, -0.05) is 24.3 Å². The van der Waals surface area contributed by atoms with Crippen LogP contribution < -0.4 is 27.4 Å². The van der Waals surface area contributed by atoms with E-state index in [0.717, 1.165) is 55.4 Å². The smallest absolute Gasteiger partial charge is 0.328 e. The number of hydrogen-bond acceptors (Lipinski definition) is 11. The van der Waals surface area contributed by atoms with Crippen LogP contribution in [0.4, 0.5) is 14.9 Å². The Bertz CT molecular complexity index is 2450. The molecule has 1 aliphatic carbocycles. The minimum atomic E-state index is -1.38. The largest absolute Gasteiger partial charge is 0.507 e. The number of ether oxygens (including phenoxy) is 1. The van der Waals surface area contributed by atoms with Crippen LogP contribution in [0.25, 0.3) is 16.7 Å². The van der Waals surface area contributed by atoms with Crippen molar-refractivity contribution in [3.8, 4) is 5.75 Å². The van der Waals surface area contributed by atoms with Crippen molar-refractivity contribution < 1.29 is 28.6 Å². The highest BCUT2D eigenvalue weighted by atomic mass is 19.1. The van der Waals surface area contributed by atoms with Crippen LogP contribution in [0.1, 0.15) is 97.0 Å². The molecule has 4 aliphatic heterocycles. The second kappa shape index (κ2) is 17.2. The molecule has 0 bridgehead atoms. The first-order chi connectivity index (χ1) is 30.3. The van der Waals surface area contributed by atoms with Gasteiger partial charge in [0.1, 0.15) is 29.0 Å². The summed E-state index contributed by atoms with van der Waals surface area (Å²) in [6, 6.07) is 16.1. The maximum atomic E-state index is 16.5. The number of anilines is 1. The van der Waals surface area contributed by atoms with E-state index in [1.54, 1.807) is 46.3 Å². The number of rotatable bonds is 10. The van der Waals surface area contributed by atoms with Crippen LogP contribution in [0.2, 0.25) is 0 Å². The number of nitrogens with two attached hydrogens (primary N) is 3. The van der Waals surface area contributed by atoms with Gasteiger partial charge in [-0.3, -0.25) is 19.8 Å². The second-order valence-corrected chi connectivity index (χ2v) is 18.0. The van der Waals surface area contributed by atoms with Crippen molar-refractivity contribution >= 4 is 40.3 Å². The van der Waals surface area contributed by atoms with Crippen LogP contribution in [-0.2, 0) is 9.53 Å². The van der Waals surface area contributed by atoms with E-state index in [1.807, 2.05) is 42.2 Å². The number of nitrogens with one attached hydrogen (secondary N) is 1. The molecule has 9 rings (SSSR count). The highest BCUT2D eigenvalue weighted by molar-refractivity contribution is 6.06. The molecule has 63 heavy (non-hydrogen) atoms. The van der Waals surface area contributed by atoms with E-state index in [1.165, 1.54) is 5.56 Å².